The van der Waals surface area contributed by atoms with Crippen LogP contribution >= 0.6 is 0 Å². The predicted molar refractivity (Wildman–Crippen MR) is 95.5 cm³/mol. The molecular weight excluding hydrogens is 350 g/mol. The number of hydrogen-bond donors (Lipinski definition) is 3. The molecule has 2 aliphatic rings. The summed E-state index contributed by atoms with van der Waals surface area (Å²) in [5, 5.41) is 7.62. The SMILES string of the molecule is O=C(NC(CC1CC1)C(=O)NC1CCNC(=O)C1=O)OCc1ccccc1. The molecule has 0 bridgehead atoms. The van der Waals surface area contributed by atoms with Crippen molar-refractivity contribution in [3.8, 4) is 0 Å². The maximum atomic E-state index is 12.6. The van der Waals surface area contributed by atoms with Gasteiger partial charge in [0.25, 0.3) is 5.91 Å². The van der Waals surface area contributed by atoms with Gasteiger partial charge in [0, 0.05) is 6.54 Å². The van der Waals surface area contributed by atoms with Crippen molar-refractivity contribution in [2.45, 2.75) is 44.4 Å². The zero-order valence-electron chi connectivity index (χ0n) is 14.9. The average molecular weight is 373 g/mol. The molecule has 0 aromatic heterocycles. The lowest BCUT2D eigenvalue weighted by Gasteiger charge is -2.25. The maximum Gasteiger partial charge on any atom is 0.408 e. The highest BCUT2D eigenvalue weighted by Gasteiger charge is 2.35. The number of rotatable bonds is 7. The van der Waals surface area contributed by atoms with Crippen LogP contribution in [0.1, 0.15) is 31.2 Å². The van der Waals surface area contributed by atoms with Crippen molar-refractivity contribution in [3.05, 3.63) is 35.9 Å². The lowest BCUT2D eigenvalue weighted by molar-refractivity contribution is -0.141. The zero-order valence-corrected chi connectivity index (χ0v) is 14.9. The molecule has 3 N–H and O–H groups in total. The summed E-state index contributed by atoms with van der Waals surface area (Å²) in [5.74, 6) is -1.45. The first kappa shape index (κ1) is 18.9. The van der Waals surface area contributed by atoms with Gasteiger partial charge in [0.05, 0.1) is 6.04 Å². The molecule has 144 valence electrons. The van der Waals surface area contributed by atoms with E-state index in [2.05, 4.69) is 16.0 Å². The summed E-state index contributed by atoms with van der Waals surface area (Å²) in [7, 11) is 0. The molecule has 0 spiro atoms. The summed E-state index contributed by atoms with van der Waals surface area (Å²) in [5.41, 5.74) is 0.842. The Hall–Kier alpha value is -2.90. The Bertz CT molecular complexity index is 717. The normalized spacial score (nSPS) is 20.4. The highest BCUT2D eigenvalue weighted by molar-refractivity contribution is 6.39. The van der Waals surface area contributed by atoms with Crippen molar-refractivity contribution in [3.63, 3.8) is 0 Å². The number of benzene rings is 1. The molecule has 1 aliphatic heterocycles. The second-order valence-corrected chi connectivity index (χ2v) is 6.91. The van der Waals surface area contributed by atoms with Crippen LogP contribution in [0.25, 0.3) is 0 Å². The maximum absolute atomic E-state index is 12.6. The number of amides is 3. The Labute approximate surface area is 157 Å². The smallest absolute Gasteiger partial charge is 0.408 e. The third kappa shape index (κ3) is 5.54. The van der Waals surface area contributed by atoms with Crippen molar-refractivity contribution in [2.24, 2.45) is 5.92 Å². The van der Waals surface area contributed by atoms with Gasteiger partial charge in [-0.15, -0.1) is 0 Å². The highest BCUT2D eigenvalue weighted by Crippen LogP contribution is 2.33. The van der Waals surface area contributed by atoms with Crippen LogP contribution in [0.3, 0.4) is 0 Å². The summed E-state index contributed by atoms with van der Waals surface area (Å²) >= 11 is 0. The number of piperidine rings is 1. The molecule has 1 aromatic carbocycles. The summed E-state index contributed by atoms with van der Waals surface area (Å²) in [6.45, 7) is 0.432. The molecule has 27 heavy (non-hydrogen) atoms. The molecule has 1 saturated carbocycles. The minimum Gasteiger partial charge on any atom is -0.445 e. The van der Waals surface area contributed by atoms with E-state index in [4.69, 9.17) is 4.74 Å². The second-order valence-electron chi connectivity index (χ2n) is 6.91. The van der Waals surface area contributed by atoms with Gasteiger partial charge in [-0.25, -0.2) is 4.79 Å². The molecule has 3 amide bonds. The van der Waals surface area contributed by atoms with Gasteiger partial charge in [-0.2, -0.15) is 0 Å². The summed E-state index contributed by atoms with van der Waals surface area (Å²) in [6, 6.07) is 7.58. The Morgan fingerprint density at radius 2 is 1.89 bits per heavy atom. The summed E-state index contributed by atoms with van der Waals surface area (Å²) < 4.78 is 5.18. The minimum absolute atomic E-state index is 0.103. The van der Waals surface area contributed by atoms with Crippen LogP contribution in [-0.2, 0) is 25.7 Å². The Morgan fingerprint density at radius 3 is 2.59 bits per heavy atom. The molecule has 3 rings (SSSR count). The van der Waals surface area contributed by atoms with Gasteiger partial charge in [0.2, 0.25) is 11.7 Å². The third-order valence-corrected chi connectivity index (χ3v) is 4.66. The number of alkyl carbamates (subject to hydrolysis) is 1. The van der Waals surface area contributed by atoms with Crippen LogP contribution in [0.15, 0.2) is 30.3 Å². The van der Waals surface area contributed by atoms with E-state index in [1.807, 2.05) is 30.3 Å². The Balaban J connectivity index is 1.54. The van der Waals surface area contributed by atoms with Gasteiger partial charge in [-0.3, -0.25) is 14.4 Å². The average Bonchev–Trinajstić information content (AvgIpc) is 3.48. The third-order valence-electron chi connectivity index (χ3n) is 4.66. The van der Waals surface area contributed by atoms with E-state index in [-0.39, 0.29) is 6.61 Å². The van der Waals surface area contributed by atoms with Crippen molar-refractivity contribution >= 4 is 23.7 Å². The Morgan fingerprint density at radius 1 is 1.15 bits per heavy atom. The predicted octanol–water partition coefficient (Wildman–Crippen LogP) is 0.655. The monoisotopic (exact) mass is 373 g/mol. The van der Waals surface area contributed by atoms with Crippen LogP contribution < -0.4 is 16.0 Å². The van der Waals surface area contributed by atoms with Crippen LogP contribution in [-0.4, -0.2) is 42.3 Å². The lowest BCUT2D eigenvalue weighted by atomic mass is 10.0. The fourth-order valence-corrected chi connectivity index (χ4v) is 2.94. The molecule has 2 unspecified atom stereocenters. The molecule has 2 fully saturated rings. The molecule has 0 radical (unpaired) electrons. The standard InChI is InChI=1S/C19H23N3O5/c23-16-14(8-9-20-18(16)25)21-17(24)15(10-12-6-7-12)22-19(26)27-11-13-4-2-1-3-5-13/h1-5,12,14-15H,6-11H2,(H,20,25)(H,21,24)(H,22,26). The number of ether oxygens (including phenoxy) is 1. The zero-order chi connectivity index (χ0) is 19.2. The molecule has 2 atom stereocenters. The van der Waals surface area contributed by atoms with E-state index in [9.17, 15) is 19.2 Å². The number of carbonyl (C=O) groups excluding carboxylic acids is 4. The molecule has 8 nitrogen and oxygen atoms in total. The number of nitrogens with one attached hydrogen (secondary N) is 3. The number of hydrogen-bond acceptors (Lipinski definition) is 5. The van der Waals surface area contributed by atoms with Gasteiger partial charge in [0.15, 0.2) is 0 Å². The number of carbonyl (C=O) groups is 4. The largest absolute Gasteiger partial charge is 0.445 e. The van der Waals surface area contributed by atoms with Gasteiger partial charge in [-0.05, 0) is 24.3 Å². The summed E-state index contributed by atoms with van der Waals surface area (Å²) in [6.07, 6.45) is 2.15. The minimum atomic E-state index is -0.852. The van der Waals surface area contributed by atoms with E-state index in [0.29, 0.717) is 25.3 Å². The van der Waals surface area contributed by atoms with E-state index < -0.39 is 35.8 Å². The fourth-order valence-electron chi connectivity index (χ4n) is 2.94. The topological polar surface area (TPSA) is 114 Å². The fraction of sp³-hybridized carbons (Fsp3) is 0.474. The first-order valence-electron chi connectivity index (χ1n) is 9.12. The van der Waals surface area contributed by atoms with Crippen LogP contribution in [0, 0.1) is 5.92 Å². The highest BCUT2D eigenvalue weighted by atomic mass is 16.5. The molecule has 8 heteroatoms. The molecule has 1 heterocycles. The van der Waals surface area contributed by atoms with Gasteiger partial charge >= 0.3 is 6.09 Å². The van der Waals surface area contributed by atoms with E-state index >= 15 is 0 Å². The van der Waals surface area contributed by atoms with Crippen molar-refractivity contribution in [1.82, 2.24) is 16.0 Å². The quantitative estimate of drug-likeness (QED) is 0.608. The molecule has 1 aliphatic carbocycles. The second kappa shape index (κ2) is 8.66. The van der Waals surface area contributed by atoms with E-state index in [1.54, 1.807) is 0 Å². The van der Waals surface area contributed by atoms with Crippen LogP contribution in [0.5, 0.6) is 0 Å². The van der Waals surface area contributed by atoms with Gasteiger partial charge in [0.1, 0.15) is 12.6 Å². The number of Topliss-reactive ketones (excluding diaryl/α,β-unsaturated/α-hetero) is 1. The lowest BCUT2D eigenvalue weighted by Crippen LogP contribution is -2.57. The summed E-state index contributed by atoms with van der Waals surface area (Å²) in [4.78, 5) is 48.0. The van der Waals surface area contributed by atoms with Crippen molar-refractivity contribution in [1.29, 1.82) is 0 Å². The van der Waals surface area contributed by atoms with E-state index in [0.717, 1.165) is 18.4 Å². The first-order chi connectivity index (χ1) is 13.0. The first-order valence-corrected chi connectivity index (χ1v) is 9.12. The van der Waals surface area contributed by atoms with Gasteiger partial charge in [-0.1, -0.05) is 43.2 Å². The van der Waals surface area contributed by atoms with Crippen molar-refractivity contribution in [2.75, 3.05) is 6.54 Å². The Kier molecular flexibility index (Phi) is 6.05. The molecular formula is C19H23N3O5. The van der Waals surface area contributed by atoms with Crippen LogP contribution in [0.4, 0.5) is 4.79 Å². The van der Waals surface area contributed by atoms with Gasteiger partial charge < -0.3 is 20.7 Å². The molecule has 1 saturated heterocycles. The van der Waals surface area contributed by atoms with Crippen molar-refractivity contribution < 1.29 is 23.9 Å². The van der Waals surface area contributed by atoms with E-state index in [1.165, 1.54) is 0 Å². The molecule has 1 aromatic rings. The van der Waals surface area contributed by atoms with Crippen LogP contribution in [0.2, 0.25) is 0 Å². The number of ketones is 1.